The Kier molecular flexibility index (Phi) is 3.67. The molecule has 0 spiro atoms. The summed E-state index contributed by atoms with van der Waals surface area (Å²) >= 11 is 0. The van der Waals surface area contributed by atoms with Crippen LogP contribution in [0.25, 0.3) is 12.2 Å². The SMILES string of the molecule is C=C/C=c1\c(=C/C)ccc(=O)n1C(C)C. The molecular weight excluding hydrogens is 186 g/mol. The minimum absolute atomic E-state index is 0.0312. The van der Waals surface area contributed by atoms with Gasteiger partial charge in [-0.05, 0) is 38.1 Å². The summed E-state index contributed by atoms with van der Waals surface area (Å²) in [6.07, 6.45) is 5.57. The van der Waals surface area contributed by atoms with E-state index < -0.39 is 0 Å². The fourth-order valence-corrected chi connectivity index (χ4v) is 1.65. The molecule has 0 unspecified atom stereocenters. The molecule has 0 bridgehead atoms. The molecule has 1 aromatic heterocycles. The number of aromatic nitrogens is 1. The molecule has 15 heavy (non-hydrogen) atoms. The smallest absolute Gasteiger partial charge is 0.251 e. The Morgan fingerprint density at radius 1 is 1.40 bits per heavy atom. The number of nitrogens with zero attached hydrogens (tertiary/aromatic N) is 1. The van der Waals surface area contributed by atoms with E-state index in [1.807, 2.05) is 39.0 Å². The molecule has 2 nitrogen and oxygen atoms in total. The summed E-state index contributed by atoms with van der Waals surface area (Å²) in [5.74, 6) is 0. The second kappa shape index (κ2) is 4.78. The van der Waals surface area contributed by atoms with Crippen LogP contribution in [0.4, 0.5) is 0 Å². The fraction of sp³-hybridized carbons (Fsp3) is 0.308. The van der Waals surface area contributed by atoms with E-state index in [9.17, 15) is 4.79 Å². The number of pyridine rings is 1. The lowest BCUT2D eigenvalue weighted by Gasteiger charge is -2.10. The zero-order valence-corrected chi connectivity index (χ0v) is 9.53. The number of allylic oxidation sites excluding steroid dienone is 1. The number of rotatable bonds is 2. The molecule has 0 aromatic carbocycles. The van der Waals surface area contributed by atoms with Crippen LogP contribution >= 0.6 is 0 Å². The van der Waals surface area contributed by atoms with E-state index in [0.717, 1.165) is 10.6 Å². The third kappa shape index (κ3) is 2.27. The third-order valence-electron chi connectivity index (χ3n) is 2.30. The first-order valence-corrected chi connectivity index (χ1v) is 5.12. The van der Waals surface area contributed by atoms with Crippen molar-refractivity contribution in [2.24, 2.45) is 0 Å². The molecule has 1 heterocycles. The van der Waals surface area contributed by atoms with Crippen LogP contribution in [0.5, 0.6) is 0 Å². The van der Waals surface area contributed by atoms with Gasteiger partial charge in [0.2, 0.25) is 0 Å². The molecule has 0 saturated carbocycles. The van der Waals surface area contributed by atoms with Gasteiger partial charge in [0.1, 0.15) is 0 Å². The summed E-state index contributed by atoms with van der Waals surface area (Å²) in [7, 11) is 0. The van der Waals surface area contributed by atoms with E-state index >= 15 is 0 Å². The van der Waals surface area contributed by atoms with Gasteiger partial charge in [-0.2, -0.15) is 0 Å². The lowest BCUT2D eigenvalue weighted by Crippen LogP contribution is -2.43. The molecule has 0 aliphatic heterocycles. The van der Waals surface area contributed by atoms with E-state index in [1.54, 1.807) is 16.7 Å². The second-order valence-electron chi connectivity index (χ2n) is 3.67. The van der Waals surface area contributed by atoms with Gasteiger partial charge in [-0.1, -0.05) is 18.7 Å². The van der Waals surface area contributed by atoms with Crippen LogP contribution in [0.15, 0.2) is 29.6 Å². The number of hydrogen-bond acceptors (Lipinski definition) is 1. The molecule has 0 aliphatic rings. The quantitative estimate of drug-likeness (QED) is 0.708. The molecule has 0 amide bonds. The predicted molar refractivity (Wildman–Crippen MR) is 65.1 cm³/mol. The van der Waals surface area contributed by atoms with Crippen molar-refractivity contribution in [2.75, 3.05) is 0 Å². The molecule has 0 N–H and O–H groups in total. The Balaban J connectivity index is 3.84. The largest absolute Gasteiger partial charge is 0.306 e. The normalized spacial score (nSPS) is 13.6. The highest BCUT2D eigenvalue weighted by Crippen LogP contribution is 1.92. The summed E-state index contributed by atoms with van der Waals surface area (Å²) in [6.45, 7) is 9.64. The maximum atomic E-state index is 11.7. The minimum atomic E-state index is 0.0312. The van der Waals surface area contributed by atoms with Crippen LogP contribution in [0.1, 0.15) is 26.8 Å². The van der Waals surface area contributed by atoms with Crippen LogP contribution in [0.2, 0.25) is 0 Å². The Morgan fingerprint density at radius 3 is 2.53 bits per heavy atom. The molecule has 2 heteroatoms. The van der Waals surface area contributed by atoms with Gasteiger partial charge in [0.25, 0.3) is 5.56 Å². The molecule has 1 aromatic rings. The zero-order valence-electron chi connectivity index (χ0n) is 9.53. The fourth-order valence-electron chi connectivity index (χ4n) is 1.65. The van der Waals surface area contributed by atoms with Crippen molar-refractivity contribution >= 4 is 12.2 Å². The first kappa shape index (κ1) is 11.5. The topological polar surface area (TPSA) is 22.0 Å². The summed E-state index contributed by atoms with van der Waals surface area (Å²) in [5.41, 5.74) is 0.0312. The van der Waals surface area contributed by atoms with Crippen molar-refractivity contribution in [3.8, 4) is 0 Å². The first-order valence-electron chi connectivity index (χ1n) is 5.12. The summed E-state index contributed by atoms with van der Waals surface area (Å²) in [5, 5.41) is 1.98. The van der Waals surface area contributed by atoms with Crippen molar-refractivity contribution in [1.82, 2.24) is 4.57 Å². The Hall–Kier alpha value is -1.57. The van der Waals surface area contributed by atoms with E-state index in [2.05, 4.69) is 6.58 Å². The molecule has 0 aliphatic carbocycles. The zero-order chi connectivity index (χ0) is 11.4. The summed E-state index contributed by atoms with van der Waals surface area (Å²) in [4.78, 5) is 11.7. The van der Waals surface area contributed by atoms with E-state index in [0.29, 0.717) is 0 Å². The van der Waals surface area contributed by atoms with E-state index in [4.69, 9.17) is 0 Å². The van der Waals surface area contributed by atoms with Crippen molar-refractivity contribution in [2.45, 2.75) is 26.8 Å². The Morgan fingerprint density at radius 2 is 2.07 bits per heavy atom. The molecule has 80 valence electrons. The second-order valence-corrected chi connectivity index (χ2v) is 3.67. The lowest BCUT2D eigenvalue weighted by atomic mass is 10.2. The highest BCUT2D eigenvalue weighted by atomic mass is 16.1. The van der Waals surface area contributed by atoms with Gasteiger partial charge in [0.05, 0.1) is 5.35 Å². The summed E-state index contributed by atoms with van der Waals surface area (Å²) < 4.78 is 1.77. The standard InChI is InChI=1S/C13H17NO/c1-5-7-12-11(6-2)8-9-13(15)14(12)10(3)4/h5-10H,1H2,2-4H3/b11-6-,12-7+. The van der Waals surface area contributed by atoms with Gasteiger partial charge in [-0.25, -0.2) is 0 Å². The van der Waals surface area contributed by atoms with Gasteiger partial charge in [-0.3, -0.25) is 4.79 Å². The number of hydrogen-bond donors (Lipinski definition) is 0. The van der Waals surface area contributed by atoms with Crippen molar-refractivity contribution in [3.05, 3.63) is 45.7 Å². The Labute approximate surface area is 89.9 Å². The van der Waals surface area contributed by atoms with Gasteiger partial charge in [-0.15, -0.1) is 0 Å². The van der Waals surface area contributed by atoms with Gasteiger partial charge >= 0.3 is 0 Å². The van der Waals surface area contributed by atoms with E-state index in [-0.39, 0.29) is 11.6 Å². The average Bonchev–Trinajstić information content (AvgIpc) is 2.18. The van der Waals surface area contributed by atoms with Crippen LogP contribution in [0, 0.1) is 0 Å². The maximum absolute atomic E-state index is 11.7. The molecule has 0 fully saturated rings. The van der Waals surface area contributed by atoms with Gasteiger partial charge in [0.15, 0.2) is 0 Å². The van der Waals surface area contributed by atoms with Crippen molar-refractivity contribution in [3.63, 3.8) is 0 Å². The van der Waals surface area contributed by atoms with E-state index in [1.165, 1.54) is 0 Å². The third-order valence-corrected chi connectivity index (χ3v) is 2.30. The molecule has 0 saturated heterocycles. The van der Waals surface area contributed by atoms with Gasteiger partial charge in [0, 0.05) is 12.1 Å². The lowest BCUT2D eigenvalue weighted by molar-refractivity contribution is 0.560. The predicted octanol–water partition coefficient (Wildman–Crippen LogP) is 1.20. The van der Waals surface area contributed by atoms with Crippen molar-refractivity contribution in [1.29, 1.82) is 0 Å². The average molecular weight is 203 g/mol. The van der Waals surface area contributed by atoms with Crippen LogP contribution in [-0.4, -0.2) is 4.57 Å². The summed E-state index contributed by atoms with van der Waals surface area (Å²) in [6, 6.07) is 3.61. The maximum Gasteiger partial charge on any atom is 0.251 e. The molecule has 1 rings (SSSR count). The van der Waals surface area contributed by atoms with Crippen LogP contribution in [-0.2, 0) is 0 Å². The molecule has 0 radical (unpaired) electrons. The highest BCUT2D eigenvalue weighted by molar-refractivity contribution is 5.35. The van der Waals surface area contributed by atoms with Crippen molar-refractivity contribution < 1.29 is 0 Å². The highest BCUT2D eigenvalue weighted by Gasteiger charge is 2.01. The molecule has 0 atom stereocenters. The minimum Gasteiger partial charge on any atom is -0.306 e. The monoisotopic (exact) mass is 203 g/mol. The van der Waals surface area contributed by atoms with Gasteiger partial charge < -0.3 is 4.57 Å². The first-order chi connectivity index (χ1) is 7.11. The van der Waals surface area contributed by atoms with Crippen LogP contribution < -0.4 is 16.1 Å². The Bertz CT molecular complexity index is 520. The molecular formula is C13H17NO. The van der Waals surface area contributed by atoms with Crippen LogP contribution in [0.3, 0.4) is 0 Å².